The van der Waals surface area contributed by atoms with Crippen molar-refractivity contribution in [1.29, 1.82) is 0 Å². The number of hydrogen-bond donors (Lipinski definition) is 3. The molecule has 0 atom stereocenters. The Kier molecular flexibility index (Phi) is 3.74. The van der Waals surface area contributed by atoms with E-state index in [9.17, 15) is 14.3 Å². The van der Waals surface area contributed by atoms with Crippen molar-refractivity contribution in [1.82, 2.24) is 10.6 Å². The fourth-order valence-electron chi connectivity index (χ4n) is 1.59. The number of halogens is 1. The molecular formula is C13H15FN2O2. The summed E-state index contributed by atoms with van der Waals surface area (Å²) in [5, 5.41) is 15.3. The molecule has 0 radical (unpaired) electrons. The lowest BCUT2D eigenvalue weighted by Crippen LogP contribution is -2.64. The summed E-state index contributed by atoms with van der Waals surface area (Å²) in [6.07, 6.45) is 2.96. The van der Waals surface area contributed by atoms with Gasteiger partial charge >= 0.3 is 0 Å². The number of β-amino-alcohol motifs (C(OH)–C–C–N with tert-alkyl or cyclic N) is 1. The van der Waals surface area contributed by atoms with Crippen LogP contribution >= 0.6 is 0 Å². The molecule has 3 N–H and O–H groups in total. The van der Waals surface area contributed by atoms with Gasteiger partial charge in [0, 0.05) is 25.7 Å². The first kappa shape index (κ1) is 12.7. The Bertz CT molecular complexity index is 453. The first-order valence-electron chi connectivity index (χ1n) is 5.72. The maximum Gasteiger partial charge on any atom is 0.244 e. The fourth-order valence-corrected chi connectivity index (χ4v) is 1.59. The lowest BCUT2D eigenvalue weighted by molar-refractivity contribution is -0.118. The van der Waals surface area contributed by atoms with Crippen molar-refractivity contribution in [2.24, 2.45) is 0 Å². The summed E-state index contributed by atoms with van der Waals surface area (Å²) in [4.78, 5) is 11.5. The van der Waals surface area contributed by atoms with E-state index in [1.54, 1.807) is 18.2 Å². The number of nitrogens with one attached hydrogen (secondary N) is 2. The summed E-state index contributed by atoms with van der Waals surface area (Å²) in [5.41, 5.74) is -0.0742. The van der Waals surface area contributed by atoms with Crippen LogP contribution in [0.4, 0.5) is 4.39 Å². The number of carbonyl (C=O) groups is 1. The first-order chi connectivity index (χ1) is 8.57. The van der Waals surface area contributed by atoms with Crippen molar-refractivity contribution in [3.8, 4) is 0 Å². The molecule has 5 heteroatoms. The highest BCUT2D eigenvalue weighted by Crippen LogP contribution is 2.08. The highest BCUT2D eigenvalue weighted by Gasteiger charge is 2.34. The van der Waals surface area contributed by atoms with Crippen LogP contribution in [0, 0.1) is 5.82 Å². The van der Waals surface area contributed by atoms with E-state index in [-0.39, 0.29) is 18.3 Å². The van der Waals surface area contributed by atoms with Crippen molar-refractivity contribution in [3.63, 3.8) is 0 Å². The quantitative estimate of drug-likeness (QED) is 0.673. The number of benzene rings is 1. The molecule has 2 rings (SSSR count). The molecule has 96 valence electrons. The van der Waals surface area contributed by atoms with E-state index in [1.807, 2.05) is 0 Å². The van der Waals surface area contributed by atoms with Gasteiger partial charge in [-0.1, -0.05) is 12.1 Å². The molecule has 0 spiro atoms. The Hall–Kier alpha value is -1.72. The van der Waals surface area contributed by atoms with E-state index >= 15 is 0 Å². The van der Waals surface area contributed by atoms with Crippen LogP contribution in [-0.2, 0) is 4.79 Å². The smallest absolute Gasteiger partial charge is 0.244 e. The second-order valence-electron chi connectivity index (χ2n) is 4.43. The second kappa shape index (κ2) is 5.29. The average Bonchev–Trinajstić information content (AvgIpc) is 2.33. The molecule has 1 aliphatic heterocycles. The van der Waals surface area contributed by atoms with Crippen molar-refractivity contribution in [3.05, 3.63) is 41.7 Å². The number of aliphatic hydroxyl groups is 1. The molecule has 1 saturated heterocycles. The monoisotopic (exact) mass is 250 g/mol. The Morgan fingerprint density at radius 3 is 2.67 bits per heavy atom. The molecule has 0 saturated carbocycles. The summed E-state index contributed by atoms with van der Waals surface area (Å²) in [5.74, 6) is -0.587. The molecule has 1 aromatic carbocycles. The molecule has 1 aliphatic rings. The Morgan fingerprint density at radius 2 is 2.11 bits per heavy atom. The minimum Gasteiger partial charge on any atom is -0.385 e. The molecule has 18 heavy (non-hydrogen) atoms. The van der Waals surface area contributed by atoms with Crippen LogP contribution in [0.3, 0.4) is 0 Å². The number of rotatable bonds is 4. The van der Waals surface area contributed by atoms with Crippen molar-refractivity contribution in [2.45, 2.75) is 5.60 Å². The summed E-state index contributed by atoms with van der Waals surface area (Å²) in [6, 6.07) is 5.84. The molecule has 4 nitrogen and oxygen atoms in total. The summed E-state index contributed by atoms with van der Waals surface area (Å²) in [6.45, 7) is 1.22. The van der Waals surface area contributed by atoms with Gasteiger partial charge in [-0.15, -0.1) is 0 Å². The fraction of sp³-hybridized carbons (Fsp3) is 0.308. The second-order valence-corrected chi connectivity index (χ2v) is 4.43. The Labute approximate surface area is 105 Å². The summed E-state index contributed by atoms with van der Waals surface area (Å²) < 4.78 is 12.6. The van der Waals surface area contributed by atoms with Crippen LogP contribution in [-0.4, -0.2) is 36.2 Å². The Morgan fingerprint density at radius 1 is 1.44 bits per heavy atom. The van der Waals surface area contributed by atoms with Crippen LogP contribution in [0.2, 0.25) is 0 Å². The third kappa shape index (κ3) is 3.38. The van der Waals surface area contributed by atoms with E-state index in [1.165, 1.54) is 18.2 Å². The lowest BCUT2D eigenvalue weighted by Gasteiger charge is -2.37. The summed E-state index contributed by atoms with van der Waals surface area (Å²) in [7, 11) is 0. The van der Waals surface area contributed by atoms with Gasteiger partial charge in [0.15, 0.2) is 0 Å². The van der Waals surface area contributed by atoms with E-state index < -0.39 is 5.60 Å². The maximum atomic E-state index is 12.6. The minimum absolute atomic E-state index is 0.229. The molecular weight excluding hydrogens is 235 g/mol. The largest absolute Gasteiger partial charge is 0.385 e. The molecule has 0 bridgehead atoms. The summed E-state index contributed by atoms with van der Waals surface area (Å²) >= 11 is 0. The Balaban J connectivity index is 1.81. The van der Waals surface area contributed by atoms with Crippen molar-refractivity contribution < 1.29 is 14.3 Å². The van der Waals surface area contributed by atoms with Gasteiger partial charge in [-0.25, -0.2) is 4.39 Å². The standard InChI is InChI=1S/C13H15FN2O2/c14-11-4-1-10(2-5-11)3-6-12(17)16-9-13(18)7-15-8-13/h1-6,15,18H,7-9H2,(H,16,17)/b6-3+. The van der Waals surface area contributed by atoms with E-state index in [4.69, 9.17) is 0 Å². The molecule has 0 unspecified atom stereocenters. The van der Waals surface area contributed by atoms with E-state index in [2.05, 4.69) is 10.6 Å². The molecule has 1 fully saturated rings. The SMILES string of the molecule is O=C(/C=C/c1ccc(F)cc1)NCC1(O)CNC1. The zero-order chi connectivity index (χ0) is 13.0. The van der Waals surface area contributed by atoms with Crippen LogP contribution in [0.25, 0.3) is 6.08 Å². The van der Waals surface area contributed by atoms with E-state index in [0.717, 1.165) is 5.56 Å². The maximum absolute atomic E-state index is 12.6. The van der Waals surface area contributed by atoms with Crippen LogP contribution in [0.15, 0.2) is 30.3 Å². The molecule has 1 heterocycles. The molecule has 1 amide bonds. The lowest BCUT2D eigenvalue weighted by atomic mass is 9.97. The van der Waals surface area contributed by atoms with Gasteiger partial charge in [0.05, 0.1) is 0 Å². The van der Waals surface area contributed by atoms with Gasteiger partial charge in [0.25, 0.3) is 0 Å². The highest BCUT2D eigenvalue weighted by atomic mass is 19.1. The van der Waals surface area contributed by atoms with Gasteiger partial charge in [-0.3, -0.25) is 4.79 Å². The predicted octanol–water partition coefficient (Wildman–Crippen LogP) is 0.289. The number of hydrogen-bond acceptors (Lipinski definition) is 3. The normalized spacial score (nSPS) is 17.4. The van der Waals surface area contributed by atoms with Gasteiger partial charge in [0.2, 0.25) is 5.91 Å². The van der Waals surface area contributed by atoms with E-state index in [0.29, 0.717) is 13.1 Å². The molecule has 1 aromatic rings. The van der Waals surface area contributed by atoms with Gasteiger partial charge in [-0.2, -0.15) is 0 Å². The van der Waals surface area contributed by atoms with Gasteiger partial charge in [-0.05, 0) is 23.8 Å². The molecule has 0 aromatic heterocycles. The number of carbonyl (C=O) groups excluding carboxylic acids is 1. The predicted molar refractivity (Wildman–Crippen MR) is 66.3 cm³/mol. The highest BCUT2D eigenvalue weighted by molar-refractivity contribution is 5.91. The van der Waals surface area contributed by atoms with Crippen molar-refractivity contribution in [2.75, 3.05) is 19.6 Å². The first-order valence-corrected chi connectivity index (χ1v) is 5.72. The molecule has 0 aliphatic carbocycles. The van der Waals surface area contributed by atoms with Crippen molar-refractivity contribution >= 4 is 12.0 Å². The van der Waals surface area contributed by atoms with Gasteiger partial charge < -0.3 is 15.7 Å². The zero-order valence-corrected chi connectivity index (χ0v) is 9.82. The van der Waals surface area contributed by atoms with Crippen LogP contribution in [0.5, 0.6) is 0 Å². The third-order valence-corrected chi connectivity index (χ3v) is 2.80. The average molecular weight is 250 g/mol. The van der Waals surface area contributed by atoms with Gasteiger partial charge in [0.1, 0.15) is 11.4 Å². The number of amides is 1. The zero-order valence-electron chi connectivity index (χ0n) is 9.82. The third-order valence-electron chi connectivity index (χ3n) is 2.80. The van der Waals surface area contributed by atoms with Crippen LogP contribution < -0.4 is 10.6 Å². The topological polar surface area (TPSA) is 61.4 Å². The van der Waals surface area contributed by atoms with Crippen LogP contribution in [0.1, 0.15) is 5.56 Å². The minimum atomic E-state index is -0.820.